The molecule has 0 aliphatic heterocycles. The van der Waals surface area contributed by atoms with Crippen LogP contribution in [0.4, 0.5) is 0 Å². The highest BCUT2D eigenvalue weighted by molar-refractivity contribution is 5.24. The van der Waals surface area contributed by atoms with Crippen molar-refractivity contribution in [3.8, 4) is 0 Å². The Bertz CT molecular complexity index is 178. The molecular formula is C12H20. The second kappa shape index (κ2) is 5.18. The van der Waals surface area contributed by atoms with Gasteiger partial charge in [-0.3, -0.25) is 0 Å². The monoisotopic (exact) mass is 164 g/mol. The molecule has 0 bridgehead atoms. The predicted octanol–water partition coefficient (Wildman–Crippen LogP) is 4.23. The van der Waals surface area contributed by atoms with Crippen LogP contribution in [-0.2, 0) is 0 Å². The average Bonchev–Trinajstić information content (AvgIpc) is 2.16. The van der Waals surface area contributed by atoms with Crippen molar-refractivity contribution < 1.29 is 0 Å². The normalized spacial score (nSPS) is 17.0. The molecule has 0 atom stereocenters. The summed E-state index contributed by atoms with van der Waals surface area (Å²) >= 11 is 0. The fourth-order valence-electron chi connectivity index (χ4n) is 1.71. The molecule has 0 aromatic heterocycles. The Morgan fingerprint density at radius 2 is 2.08 bits per heavy atom. The van der Waals surface area contributed by atoms with Crippen LogP contribution in [0.1, 0.15) is 52.4 Å². The minimum absolute atomic E-state index is 1.22. The van der Waals surface area contributed by atoms with Gasteiger partial charge in [-0.1, -0.05) is 37.1 Å². The molecule has 1 aliphatic carbocycles. The Morgan fingerprint density at radius 3 is 2.58 bits per heavy atom. The predicted molar refractivity (Wildman–Crippen MR) is 55.2 cm³/mol. The lowest BCUT2D eigenvalue weighted by Gasteiger charge is -2.10. The number of allylic oxidation sites excluding steroid dienone is 4. The van der Waals surface area contributed by atoms with Crippen LogP contribution in [0.25, 0.3) is 0 Å². The van der Waals surface area contributed by atoms with Gasteiger partial charge in [0.05, 0.1) is 0 Å². The Balaban J connectivity index is 2.56. The Morgan fingerprint density at radius 1 is 1.33 bits per heavy atom. The fourth-order valence-corrected chi connectivity index (χ4v) is 1.71. The second-order valence-corrected chi connectivity index (χ2v) is 3.53. The van der Waals surface area contributed by atoms with E-state index >= 15 is 0 Å². The molecule has 0 N–H and O–H groups in total. The largest absolute Gasteiger partial charge is 0.0813 e. The maximum atomic E-state index is 2.42. The smallest absolute Gasteiger partial charge is 0.0282 e. The minimum atomic E-state index is 1.22. The summed E-state index contributed by atoms with van der Waals surface area (Å²) in [6, 6.07) is 0. The molecule has 12 heavy (non-hydrogen) atoms. The molecule has 0 aromatic carbocycles. The zero-order valence-electron chi connectivity index (χ0n) is 8.40. The van der Waals surface area contributed by atoms with Crippen molar-refractivity contribution in [3.05, 3.63) is 23.3 Å². The van der Waals surface area contributed by atoms with Crippen LogP contribution in [0.5, 0.6) is 0 Å². The molecule has 0 saturated carbocycles. The van der Waals surface area contributed by atoms with E-state index in [0.717, 1.165) is 0 Å². The topological polar surface area (TPSA) is 0 Å². The molecule has 0 heteroatoms. The van der Waals surface area contributed by atoms with E-state index in [0.29, 0.717) is 0 Å². The van der Waals surface area contributed by atoms with Crippen LogP contribution in [0.2, 0.25) is 0 Å². The van der Waals surface area contributed by atoms with Crippen LogP contribution in [0, 0.1) is 0 Å². The van der Waals surface area contributed by atoms with Gasteiger partial charge in [-0.25, -0.2) is 0 Å². The van der Waals surface area contributed by atoms with Gasteiger partial charge in [0, 0.05) is 0 Å². The van der Waals surface area contributed by atoms with Crippen molar-refractivity contribution in [2.75, 3.05) is 0 Å². The summed E-state index contributed by atoms with van der Waals surface area (Å²) in [5.41, 5.74) is 3.18. The van der Waals surface area contributed by atoms with E-state index in [4.69, 9.17) is 0 Å². The molecule has 1 aliphatic rings. The first kappa shape index (κ1) is 9.57. The van der Waals surface area contributed by atoms with Crippen molar-refractivity contribution in [1.29, 1.82) is 0 Å². The standard InChI is InChI=1S/C12H20/c1-3-11(4-2)10-12-8-6-5-7-9-12/h8,10H,3-7,9H2,1-2H3. The van der Waals surface area contributed by atoms with Crippen LogP contribution >= 0.6 is 0 Å². The molecule has 1 rings (SSSR count). The van der Waals surface area contributed by atoms with Gasteiger partial charge >= 0.3 is 0 Å². The molecule has 0 saturated heterocycles. The van der Waals surface area contributed by atoms with Gasteiger partial charge in [-0.15, -0.1) is 0 Å². The van der Waals surface area contributed by atoms with Crippen molar-refractivity contribution in [2.45, 2.75) is 52.4 Å². The first-order valence-corrected chi connectivity index (χ1v) is 5.25. The molecule has 0 spiro atoms. The molecule has 0 radical (unpaired) electrons. The van der Waals surface area contributed by atoms with E-state index in [-0.39, 0.29) is 0 Å². The van der Waals surface area contributed by atoms with E-state index < -0.39 is 0 Å². The Kier molecular flexibility index (Phi) is 4.13. The Labute approximate surface area is 76.4 Å². The molecule has 0 fully saturated rings. The number of rotatable bonds is 3. The van der Waals surface area contributed by atoms with Crippen molar-refractivity contribution in [1.82, 2.24) is 0 Å². The zero-order chi connectivity index (χ0) is 8.81. The molecule has 0 heterocycles. The summed E-state index contributed by atoms with van der Waals surface area (Å²) in [6.07, 6.45) is 12.7. The molecular weight excluding hydrogens is 144 g/mol. The summed E-state index contributed by atoms with van der Waals surface area (Å²) in [6.45, 7) is 4.50. The zero-order valence-corrected chi connectivity index (χ0v) is 8.40. The summed E-state index contributed by atoms with van der Waals surface area (Å²) in [7, 11) is 0. The molecule has 0 amide bonds. The maximum absolute atomic E-state index is 2.42. The lowest BCUT2D eigenvalue weighted by molar-refractivity contribution is 0.710. The summed E-state index contributed by atoms with van der Waals surface area (Å²) in [5, 5.41) is 0. The summed E-state index contributed by atoms with van der Waals surface area (Å²) < 4.78 is 0. The van der Waals surface area contributed by atoms with Crippen LogP contribution in [0.3, 0.4) is 0 Å². The summed E-state index contributed by atoms with van der Waals surface area (Å²) in [5.74, 6) is 0. The van der Waals surface area contributed by atoms with Crippen molar-refractivity contribution >= 4 is 0 Å². The number of hydrogen-bond donors (Lipinski definition) is 0. The van der Waals surface area contributed by atoms with E-state index in [1.807, 2.05) is 0 Å². The van der Waals surface area contributed by atoms with Crippen molar-refractivity contribution in [2.24, 2.45) is 0 Å². The SMILES string of the molecule is CCC(=CC1=CCCCC1)CC. The Hall–Kier alpha value is -0.520. The first-order valence-electron chi connectivity index (χ1n) is 5.25. The molecule has 0 unspecified atom stereocenters. The van der Waals surface area contributed by atoms with Gasteiger partial charge in [0.2, 0.25) is 0 Å². The van der Waals surface area contributed by atoms with Gasteiger partial charge in [0.25, 0.3) is 0 Å². The van der Waals surface area contributed by atoms with E-state index in [9.17, 15) is 0 Å². The molecule has 68 valence electrons. The highest BCUT2D eigenvalue weighted by Gasteiger charge is 2.01. The average molecular weight is 164 g/mol. The third-order valence-electron chi connectivity index (χ3n) is 2.62. The fraction of sp³-hybridized carbons (Fsp3) is 0.667. The highest BCUT2D eigenvalue weighted by atomic mass is 14.1. The molecule has 0 nitrogen and oxygen atoms in total. The van der Waals surface area contributed by atoms with Gasteiger partial charge in [-0.05, 0) is 38.5 Å². The van der Waals surface area contributed by atoms with Gasteiger partial charge in [0.15, 0.2) is 0 Å². The van der Waals surface area contributed by atoms with Crippen LogP contribution in [0.15, 0.2) is 23.3 Å². The van der Waals surface area contributed by atoms with Gasteiger partial charge < -0.3 is 0 Å². The van der Waals surface area contributed by atoms with Crippen molar-refractivity contribution in [3.63, 3.8) is 0 Å². The quantitative estimate of drug-likeness (QED) is 0.585. The first-order chi connectivity index (χ1) is 5.86. The van der Waals surface area contributed by atoms with Crippen LogP contribution < -0.4 is 0 Å². The lowest BCUT2D eigenvalue weighted by Crippen LogP contribution is -1.90. The second-order valence-electron chi connectivity index (χ2n) is 3.53. The minimum Gasteiger partial charge on any atom is -0.0813 e. The third kappa shape index (κ3) is 2.84. The number of hydrogen-bond acceptors (Lipinski definition) is 0. The molecule has 0 aromatic rings. The van der Waals surface area contributed by atoms with Gasteiger partial charge in [-0.2, -0.15) is 0 Å². The highest BCUT2D eigenvalue weighted by Crippen LogP contribution is 2.21. The summed E-state index contributed by atoms with van der Waals surface area (Å²) in [4.78, 5) is 0. The van der Waals surface area contributed by atoms with Crippen LogP contribution in [-0.4, -0.2) is 0 Å². The van der Waals surface area contributed by atoms with E-state index in [1.54, 1.807) is 11.1 Å². The van der Waals surface area contributed by atoms with E-state index in [1.165, 1.54) is 38.5 Å². The van der Waals surface area contributed by atoms with E-state index in [2.05, 4.69) is 26.0 Å². The third-order valence-corrected chi connectivity index (χ3v) is 2.62. The maximum Gasteiger partial charge on any atom is -0.0282 e. The lowest BCUT2D eigenvalue weighted by atomic mass is 9.96. The van der Waals surface area contributed by atoms with Gasteiger partial charge in [0.1, 0.15) is 0 Å².